The number of hydrogen-bond donors (Lipinski definition) is 2. The minimum atomic E-state index is -0.270. The molecule has 0 radical (unpaired) electrons. The first kappa shape index (κ1) is 16.8. The molecule has 2 heterocycles. The topological polar surface area (TPSA) is 67.2 Å². The summed E-state index contributed by atoms with van der Waals surface area (Å²) in [6, 6.07) is 13.4. The van der Waals surface area contributed by atoms with Gasteiger partial charge in [-0.15, -0.1) is 0 Å². The Bertz CT molecular complexity index is 913. The lowest BCUT2D eigenvalue weighted by Gasteiger charge is -2.37. The molecule has 0 spiro atoms. The number of carbonyl (C=O) groups excluding carboxylic acids is 1. The lowest BCUT2D eigenvalue weighted by molar-refractivity contribution is 0.0228. The van der Waals surface area contributed by atoms with Gasteiger partial charge in [0.05, 0.1) is 17.8 Å². The molecule has 3 aromatic rings. The van der Waals surface area contributed by atoms with Crippen molar-refractivity contribution in [2.24, 2.45) is 5.92 Å². The number of aromatic nitrogens is 2. The molecule has 1 amide bonds. The first-order chi connectivity index (χ1) is 12.7. The summed E-state index contributed by atoms with van der Waals surface area (Å²) < 4.78 is 2.16. The molecule has 1 atom stereocenters. The van der Waals surface area contributed by atoms with Crippen LogP contribution >= 0.6 is 0 Å². The summed E-state index contributed by atoms with van der Waals surface area (Å²) >= 11 is 0. The van der Waals surface area contributed by atoms with Crippen molar-refractivity contribution < 1.29 is 9.90 Å². The number of aliphatic hydroxyl groups excluding tert-OH is 1. The van der Waals surface area contributed by atoms with E-state index in [9.17, 15) is 9.90 Å². The van der Waals surface area contributed by atoms with Gasteiger partial charge in [-0.05, 0) is 62.1 Å². The van der Waals surface area contributed by atoms with E-state index >= 15 is 0 Å². The highest BCUT2D eigenvalue weighted by Gasteiger charge is 2.36. The van der Waals surface area contributed by atoms with Crippen LogP contribution in [0.25, 0.3) is 10.9 Å². The first-order valence-electron chi connectivity index (χ1n) is 9.14. The van der Waals surface area contributed by atoms with Gasteiger partial charge in [-0.1, -0.05) is 6.07 Å². The zero-order valence-corrected chi connectivity index (χ0v) is 14.8. The normalized spacial score (nSPS) is 20.5. The average Bonchev–Trinajstić information content (AvgIpc) is 3.06. The number of pyridine rings is 1. The lowest BCUT2D eigenvalue weighted by atomic mass is 9.76. The summed E-state index contributed by atoms with van der Waals surface area (Å²) in [5.41, 5.74) is 2.62. The number of nitrogens with zero attached hydrogens (tertiary/aromatic N) is 2. The van der Waals surface area contributed by atoms with Gasteiger partial charge >= 0.3 is 0 Å². The van der Waals surface area contributed by atoms with Gasteiger partial charge in [-0.3, -0.25) is 9.78 Å². The Morgan fingerprint density at radius 1 is 1.31 bits per heavy atom. The highest BCUT2D eigenvalue weighted by Crippen LogP contribution is 2.37. The summed E-state index contributed by atoms with van der Waals surface area (Å²) in [4.78, 5) is 17.3. The smallest absolute Gasteiger partial charge is 0.251 e. The Morgan fingerprint density at radius 2 is 2.15 bits per heavy atom. The largest absolute Gasteiger partial charge is 0.393 e. The monoisotopic (exact) mass is 349 g/mol. The van der Waals surface area contributed by atoms with E-state index in [1.807, 2.05) is 48.7 Å². The lowest BCUT2D eigenvalue weighted by Crippen LogP contribution is -2.41. The zero-order valence-electron chi connectivity index (χ0n) is 14.8. The van der Waals surface area contributed by atoms with Crippen LogP contribution in [0.3, 0.4) is 0 Å². The minimum Gasteiger partial charge on any atom is -0.393 e. The molecule has 4 rings (SSSR count). The Kier molecular flexibility index (Phi) is 4.47. The molecule has 26 heavy (non-hydrogen) atoms. The molecule has 0 bridgehead atoms. The molecule has 5 heteroatoms. The number of aryl methyl sites for hydroxylation is 1. The second-order valence-electron chi connectivity index (χ2n) is 6.97. The number of rotatable bonds is 5. The van der Waals surface area contributed by atoms with E-state index in [0.29, 0.717) is 18.4 Å². The maximum Gasteiger partial charge on any atom is 0.251 e. The number of carbonyl (C=O) groups is 1. The first-order valence-corrected chi connectivity index (χ1v) is 9.14. The van der Waals surface area contributed by atoms with Gasteiger partial charge in [0.1, 0.15) is 0 Å². The maximum absolute atomic E-state index is 12.9. The molecule has 0 aliphatic heterocycles. The van der Waals surface area contributed by atoms with Crippen molar-refractivity contribution in [3.8, 4) is 0 Å². The zero-order chi connectivity index (χ0) is 18.1. The summed E-state index contributed by atoms with van der Waals surface area (Å²) in [7, 11) is 0. The second kappa shape index (κ2) is 6.92. The van der Waals surface area contributed by atoms with Crippen LogP contribution in [0.5, 0.6) is 0 Å². The number of nitrogens with one attached hydrogen (secondary N) is 1. The third-order valence-corrected chi connectivity index (χ3v) is 5.29. The Morgan fingerprint density at radius 3 is 2.85 bits per heavy atom. The van der Waals surface area contributed by atoms with E-state index < -0.39 is 0 Å². The van der Waals surface area contributed by atoms with Crippen LogP contribution < -0.4 is 5.32 Å². The van der Waals surface area contributed by atoms with Gasteiger partial charge < -0.3 is 15.0 Å². The molecule has 1 aliphatic carbocycles. The molecule has 2 N–H and O–H groups in total. The van der Waals surface area contributed by atoms with Gasteiger partial charge in [0.25, 0.3) is 5.91 Å². The molecular formula is C21H23N3O2. The van der Waals surface area contributed by atoms with Crippen LogP contribution in [0, 0.1) is 5.92 Å². The molecule has 5 nitrogen and oxygen atoms in total. The predicted octanol–water partition coefficient (Wildman–Crippen LogP) is 3.30. The van der Waals surface area contributed by atoms with E-state index in [1.54, 1.807) is 6.20 Å². The highest BCUT2D eigenvalue weighted by molar-refractivity contribution is 5.98. The van der Waals surface area contributed by atoms with Crippen LogP contribution in [-0.2, 0) is 6.54 Å². The van der Waals surface area contributed by atoms with Crippen molar-refractivity contribution in [3.05, 3.63) is 66.1 Å². The number of hydrogen-bond acceptors (Lipinski definition) is 3. The van der Waals surface area contributed by atoms with Gasteiger partial charge in [0, 0.05) is 35.4 Å². The molecular weight excluding hydrogens is 326 g/mol. The Labute approximate surface area is 152 Å². The molecule has 1 aliphatic rings. The number of fused-ring (bicyclic) bond motifs is 1. The molecule has 134 valence electrons. The van der Waals surface area contributed by atoms with E-state index in [-0.39, 0.29) is 24.0 Å². The molecule has 1 fully saturated rings. The summed E-state index contributed by atoms with van der Waals surface area (Å²) in [5, 5.41) is 13.9. The van der Waals surface area contributed by atoms with E-state index in [2.05, 4.69) is 21.8 Å². The van der Waals surface area contributed by atoms with Gasteiger partial charge in [-0.2, -0.15) is 0 Å². The second-order valence-corrected chi connectivity index (χ2v) is 6.97. The fourth-order valence-electron chi connectivity index (χ4n) is 3.74. The van der Waals surface area contributed by atoms with Gasteiger partial charge in [-0.25, -0.2) is 0 Å². The molecule has 2 aromatic heterocycles. The van der Waals surface area contributed by atoms with Crippen molar-refractivity contribution in [2.75, 3.05) is 0 Å². The van der Waals surface area contributed by atoms with E-state index in [1.165, 1.54) is 0 Å². The molecule has 0 saturated heterocycles. The molecule has 1 aromatic carbocycles. The van der Waals surface area contributed by atoms with Crippen molar-refractivity contribution in [1.29, 1.82) is 0 Å². The number of amides is 1. The number of aliphatic hydroxyl groups is 1. The van der Waals surface area contributed by atoms with Crippen LogP contribution in [0.1, 0.15) is 41.9 Å². The minimum absolute atomic E-state index is 0.104. The summed E-state index contributed by atoms with van der Waals surface area (Å²) in [6.45, 7) is 3.01. The SMILES string of the molecule is CCn1ccc2cc(C(=O)N[C@H](c3ccccn3)C3CC(O)C3)ccc21. The van der Waals surface area contributed by atoms with Crippen LogP contribution in [-0.4, -0.2) is 26.7 Å². The van der Waals surface area contributed by atoms with Gasteiger partial charge in [0.2, 0.25) is 0 Å². The Balaban J connectivity index is 1.58. The average molecular weight is 349 g/mol. The third kappa shape index (κ3) is 3.10. The van der Waals surface area contributed by atoms with Gasteiger partial charge in [0.15, 0.2) is 0 Å². The van der Waals surface area contributed by atoms with Crippen LogP contribution in [0.2, 0.25) is 0 Å². The van der Waals surface area contributed by atoms with Crippen LogP contribution in [0.15, 0.2) is 54.9 Å². The fourth-order valence-corrected chi connectivity index (χ4v) is 3.74. The summed E-state index contributed by atoms with van der Waals surface area (Å²) in [5.74, 6) is 0.113. The van der Waals surface area contributed by atoms with Crippen molar-refractivity contribution in [1.82, 2.24) is 14.9 Å². The van der Waals surface area contributed by atoms with E-state index in [4.69, 9.17) is 0 Å². The van der Waals surface area contributed by atoms with Crippen molar-refractivity contribution in [2.45, 2.75) is 38.5 Å². The molecule has 1 saturated carbocycles. The standard InChI is InChI=1S/C21H23N3O2/c1-2-24-10-8-14-11-15(6-7-19(14)24)21(26)23-20(16-12-17(25)13-16)18-5-3-4-9-22-18/h3-11,16-17,20,25H,2,12-13H2,1H3,(H,23,26)/t16?,17?,20-/m0/s1. The van der Waals surface area contributed by atoms with Crippen molar-refractivity contribution >= 4 is 16.8 Å². The van der Waals surface area contributed by atoms with E-state index in [0.717, 1.165) is 23.1 Å². The maximum atomic E-state index is 12.9. The third-order valence-electron chi connectivity index (χ3n) is 5.29. The number of benzene rings is 1. The fraction of sp³-hybridized carbons (Fsp3) is 0.333. The van der Waals surface area contributed by atoms with Crippen molar-refractivity contribution in [3.63, 3.8) is 0 Å². The summed E-state index contributed by atoms with van der Waals surface area (Å²) in [6.07, 6.45) is 4.90. The quantitative estimate of drug-likeness (QED) is 0.743. The predicted molar refractivity (Wildman–Crippen MR) is 101 cm³/mol. The van der Waals surface area contributed by atoms with Crippen LogP contribution in [0.4, 0.5) is 0 Å². The molecule has 0 unspecified atom stereocenters. The Hall–Kier alpha value is -2.66. The highest BCUT2D eigenvalue weighted by atomic mass is 16.3.